The minimum atomic E-state index is -0.321. The van der Waals surface area contributed by atoms with Crippen LogP contribution in [0.4, 0.5) is 5.69 Å². The molecular formula is C16H22N2O3. The van der Waals surface area contributed by atoms with Gasteiger partial charge in [-0.3, -0.25) is 4.79 Å². The number of anilines is 1. The van der Waals surface area contributed by atoms with Crippen molar-refractivity contribution in [2.45, 2.75) is 26.7 Å². The van der Waals surface area contributed by atoms with Crippen LogP contribution in [-0.2, 0) is 9.59 Å². The molecule has 0 saturated heterocycles. The summed E-state index contributed by atoms with van der Waals surface area (Å²) in [5.41, 5.74) is 0.803. The van der Waals surface area contributed by atoms with Gasteiger partial charge in [-0.15, -0.1) is 0 Å². The van der Waals surface area contributed by atoms with Crippen molar-refractivity contribution in [3.63, 3.8) is 0 Å². The molecule has 0 spiro atoms. The van der Waals surface area contributed by atoms with E-state index in [0.29, 0.717) is 12.3 Å². The smallest absolute Gasteiger partial charge is 0.331 e. The third kappa shape index (κ3) is 3.74. The zero-order chi connectivity index (χ0) is 15.2. The second-order valence-electron chi connectivity index (χ2n) is 5.12. The Morgan fingerprint density at radius 3 is 2.81 bits per heavy atom. The molecule has 1 amide bonds. The third-order valence-corrected chi connectivity index (χ3v) is 3.59. The van der Waals surface area contributed by atoms with E-state index in [1.165, 1.54) is 0 Å². The van der Waals surface area contributed by atoms with E-state index < -0.39 is 0 Å². The molecule has 114 valence electrons. The quantitative estimate of drug-likeness (QED) is 0.594. The first kappa shape index (κ1) is 15.4. The van der Waals surface area contributed by atoms with Gasteiger partial charge in [-0.25, -0.2) is 4.79 Å². The summed E-state index contributed by atoms with van der Waals surface area (Å²) >= 11 is 0. The SMILES string of the molecule is CCCCN(CC)C(=O)CN1CC(=O)Oc2ccccc21. The van der Waals surface area contributed by atoms with Gasteiger partial charge < -0.3 is 14.5 Å². The lowest BCUT2D eigenvalue weighted by atomic mass is 10.2. The number of para-hydroxylation sites is 2. The van der Waals surface area contributed by atoms with E-state index in [1.807, 2.05) is 30.0 Å². The summed E-state index contributed by atoms with van der Waals surface area (Å²) in [6.07, 6.45) is 2.06. The zero-order valence-electron chi connectivity index (χ0n) is 12.7. The molecular weight excluding hydrogens is 268 g/mol. The van der Waals surface area contributed by atoms with Gasteiger partial charge in [0.1, 0.15) is 6.54 Å². The highest BCUT2D eigenvalue weighted by Gasteiger charge is 2.26. The first-order chi connectivity index (χ1) is 10.2. The van der Waals surface area contributed by atoms with Crippen molar-refractivity contribution in [2.75, 3.05) is 31.1 Å². The van der Waals surface area contributed by atoms with Gasteiger partial charge in [-0.1, -0.05) is 25.5 Å². The molecule has 0 saturated carbocycles. The van der Waals surface area contributed by atoms with E-state index in [2.05, 4.69) is 6.92 Å². The highest BCUT2D eigenvalue weighted by Crippen LogP contribution is 2.31. The molecule has 5 nitrogen and oxygen atoms in total. The number of hydrogen-bond donors (Lipinski definition) is 0. The monoisotopic (exact) mass is 290 g/mol. The largest absolute Gasteiger partial charge is 0.423 e. The molecule has 0 radical (unpaired) electrons. The second-order valence-corrected chi connectivity index (χ2v) is 5.12. The Bertz CT molecular complexity index is 516. The second kappa shape index (κ2) is 7.11. The highest BCUT2D eigenvalue weighted by atomic mass is 16.5. The van der Waals surface area contributed by atoms with Crippen LogP contribution in [0.25, 0.3) is 0 Å². The van der Waals surface area contributed by atoms with Crippen LogP contribution in [0, 0.1) is 0 Å². The molecule has 0 aliphatic carbocycles. The summed E-state index contributed by atoms with van der Waals surface area (Å²) in [4.78, 5) is 27.7. The average Bonchev–Trinajstić information content (AvgIpc) is 2.48. The summed E-state index contributed by atoms with van der Waals surface area (Å²) in [5.74, 6) is 0.256. The van der Waals surface area contributed by atoms with Crippen molar-refractivity contribution < 1.29 is 14.3 Å². The summed E-state index contributed by atoms with van der Waals surface area (Å²) in [6, 6.07) is 7.32. The average molecular weight is 290 g/mol. The molecule has 1 aliphatic rings. The maximum Gasteiger partial charge on any atom is 0.331 e. The maximum atomic E-state index is 12.4. The van der Waals surface area contributed by atoms with Gasteiger partial charge in [0.2, 0.25) is 5.91 Å². The zero-order valence-corrected chi connectivity index (χ0v) is 12.7. The van der Waals surface area contributed by atoms with E-state index in [0.717, 1.165) is 25.1 Å². The summed E-state index contributed by atoms with van der Waals surface area (Å²) in [6.45, 7) is 5.88. The molecule has 0 N–H and O–H groups in total. The van der Waals surface area contributed by atoms with Gasteiger partial charge in [-0.05, 0) is 25.5 Å². The Kier molecular flexibility index (Phi) is 5.20. The predicted octanol–water partition coefficient (Wildman–Crippen LogP) is 2.06. The lowest BCUT2D eigenvalue weighted by molar-refractivity contribution is -0.133. The van der Waals surface area contributed by atoms with Gasteiger partial charge in [0, 0.05) is 13.1 Å². The van der Waals surface area contributed by atoms with Crippen molar-refractivity contribution in [1.82, 2.24) is 4.90 Å². The van der Waals surface area contributed by atoms with Crippen LogP contribution >= 0.6 is 0 Å². The van der Waals surface area contributed by atoms with Crippen LogP contribution in [0.15, 0.2) is 24.3 Å². The number of benzene rings is 1. The van der Waals surface area contributed by atoms with E-state index in [4.69, 9.17) is 4.74 Å². The van der Waals surface area contributed by atoms with E-state index in [1.54, 1.807) is 11.0 Å². The lowest BCUT2D eigenvalue weighted by Crippen LogP contribution is -2.45. The van der Waals surface area contributed by atoms with E-state index in [-0.39, 0.29) is 25.0 Å². The molecule has 0 aromatic heterocycles. The van der Waals surface area contributed by atoms with Crippen molar-refractivity contribution in [3.05, 3.63) is 24.3 Å². The van der Waals surface area contributed by atoms with Crippen LogP contribution in [0.2, 0.25) is 0 Å². The first-order valence-corrected chi connectivity index (χ1v) is 7.48. The predicted molar refractivity (Wildman–Crippen MR) is 81.5 cm³/mol. The minimum Gasteiger partial charge on any atom is -0.423 e. The van der Waals surface area contributed by atoms with Gasteiger partial charge >= 0.3 is 5.97 Å². The first-order valence-electron chi connectivity index (χ1n) is 7.48. The molecule has 0 bridgehead atoms. The number of likely N-dealkylation sites (N-methyl/N-ethyl adjacent to an activating group) is 1. The van der Waals surface area contributed by atoms with Crippen LogP contribution in [0.3, 0.4) is 0 Å². The number of esters is 1. The maximum absolute atomic E-state index is 12.4. The number of carbonyl (C=O) groups excluding carboxylic acids is 2. The van der Waals surface area contributed by atoms with Crippen LogP contribution in [-0.4, -0.2) is 43.0 Å². The van der Waals surface area contributed by atoms with E-state index in [9.17, 15) is 9.59 Å². The van der Waals surface area contributed by atoms with Crippen LogP contribution < -0.4 is 9.64 Å². The Balaban J connectivity index is 2.08. The van der Waals surface area contributed by atoms with Crippen molar-refractivity contribution in [2.24, 2.45) is 0 Å². The number of nitrogens with zero attached hydrogens (tertiary/aromatic N) is 2. The fourth-order valence-corrected chi connectivity index (χ4v) is 2.41. The van der Waals surface area contributed by atoms with E-state index >= 15 is 0 Å². The number of rotatable bonds is 6. The molecule has 0 fully saturated rings. The number of ether oxygens (including phenoxy) is 1. The number of amides is 1. The molecule has 0 atom stereocenters. The Labute approximate surface area is 125 Å². The molecule has 0 unspecified atom stereocenters. The van der Waals surface area contributed by atoms with Crippen LogP contribution in [0.1, 0.15) is 26.7 Å². The van der Waals surface area contributed by atoms with Crippen LogP contribution in [0.5, 0.6) is 5.75 Å². The number of fused-ring (bicyclic) bond motifs is 1. The fraction of sp³-hybridized carbons (Fsp3) is 0.500. The number of carbonyl (C=O) groups is 2. The van der Waals surface area contributed by atoms with Gasteiger partial charge in [0.15, 0.2) is 5.75 Å². The van der Waals surface area contributed by atoms with Gasteiger partial charge in [0.05, 0.1) is 12.2 Å². The van der Waals surface area contributed by atoms with Gasteiger partial charge in [0.25, 0.3) is 0 Å². The highest BCUT2D eigenvalue weighted by molar-refractivity contribution is 5.89. The Morgan fingerprint density at radius 1 is 1.33 bits per heavy atom. The molecule has 21 heavy (non-hydrogen) atoms. The minimum absolute atomic E-state index is 0.0513. The molecule has 2 rings (SSSR count). The summed E-state index contributed by atoms with van der Waals surface area (Å²) in [7, 11) is 0. The fourth-order valence-electron chi connectivity index (χ4n) is 2.41. The number of hydrogen-bond acceptors (Lipinski definition) is 4. The topological polar surface area (TPSA) is 49.9 Å². The molecule has 1 aliphatic heterocycles. The van der Waals surface area contributed by atoms with Gasteiger partial charge in [-0.2, -0.15) is 0 Å². The third-order valence-electron chi connectivity index (χ3n) is 3.59. The molecule has 5 heteroatoms. The number of unbranched alkanes of at least 4 members (excludes halogenated alkanes) is 1. The molecule has 1 aromatic rings. The molecule has 1 heterocycles. The summed E-state index contributed by atoms with van der Waals surface area (Å²) in [5, 5.41) is 0. The van der Waals surface area contributed by atoms with Crippen molar-refractivity contribution in [3.8, 4) is 5.75 Å². The Hall–Kier alpha value is -2.04. The summed E-state index contributed by atoms with van der Waals surface area (Å²) < 4.78 is 5.19. The Morgan fingerprint density at radius 2 is 2.10 bits per heavy atom. The van der Waals surface area contributed by atoms with Crippen molar-refractivity contribution in [1.29, 1.82) is 0 Å². The molecule has 1 aromatic carbocycles. The standard InChI is InChI=1S/C16H22N2O3/c1-3-5-10-17(4-2)15(19)11-18-12-16(20)21-14-9-7-6-8-13(14)18/h6-9H,3-5,10-12H2,1-2H3. The normalized spacial score (nSPS) is 13.6. The van der Waals surface area contributed by atoms with Crippen molar-refractivity contribution >= 4 is 17.6 Å². The lowest BCUT2D eigenvalue weighted by Gasteiger charge is -2.31.